The van der Waals surface area contributed by atoms with E-state index in [9.17, 15) is 13.6 Å². The summed E-state index contributed by atoms with van der Waals surface area (Å²) in [5.41, 5.74) is -0.265. The molecule has 1 N–H and O–H groups in total. The second-order valence-electron chi connectivity index (χ2n) is 5.85. The normalized spacial score (nSPS) is 17.1. The van der Waals surface area contributed by atoms with Crippen LogP contribution in [0.5, 0.6) is 5.75 Å². The SMILES string of the molecule is O=C(Nc1ccccc1OC[C@@H]1CCCCO1)c1c(F)cccc1F. The monoisotopic (exact) mass is 347 g/mol. The zero-order valence-electron chi connectivity index (χ0n) is 13.6. The molecule has 132 valence electrons. The van der Waals surface area contributed by atoms with E-state index in [1.165, 1.54) is 6.07 Å². The van der Waals surface area contributed by atoms with Gasteiger partial charge < -0.3 is 14.8 Å². The van der Waals surface area contributed by atoms with Crippen LogP contribution in [-0.4, -0.2) is 25.2 Å². The molecule has 6 heteroatoms. The number of para-hydroxylation sites is 2. The standard InChI is InChI=1S/C19H19F2NO3/c20-14-7-5-8-15(21)18(14)19(23)22-16-9-1-2-10-17(16)25-12-13-6-3-4-11-24-13/h1-2,5,7-10,13H,3-4,6,11-12H2,(H,22,23)/t13-/m0/s1. The molecule has 0 unspecified atom stereocenters. The molecule has 1 fully saturated rings. The molecule has 1 amide bonds. The van der Waals surface area contributed by atoms with Gasteiger partial charge in [0, 0.05) is 6.61 Å². The Morgan fingerprint density at radius 3 is 2.60 bits per heavy atom. The fraction of sp³-hybridized carbons (Fsp3) is 0.316. The number of benzene rings is 2. The Balaban J connectivity index is 1.71. The summed E-state index contributed by atoms with van der Waals surface area (Å²) in [4.78, 5) is 12.2. The third-order valence-corrected chi connectivity index (χ3v) is 4.02. The van der Waals surface area contributed by atoms with Crippen molar-refractivity contribution in [1.29, 1.82) is 0 Å². The summed E-state index contributed by atoms with van der Waals surface area (Å²) in [6.07, 6.45) is 3.09. The molecule has 2 aromatic rings. The van der Waals surface area contributed by atoms with Crippen LogP contribution in [0.2, 0.25) is 0 Å². The molecule has 25 heavy (non-hydrogen) atoms. The van der Waals surface area contributed by atoms with Gasteiger partial charge in [-0.2, -0.15) is 0 Å². The van der Waals surface area contributed by atoms with Crippen LogP contribution < -0.4 is 10.1 Å². The lowest BCUT2D eigenvalue weighted by molar-refractivity contribution is -0.0109. The lowest BCUT2D eigenvalue weighted by Gasteiger charge is -2.23. The first-order chi connectivity index (χ1) is 12.1. The summed E-state index contributed by atoms with van der Waals surface area (Å²) in [5.74, 6) is -2.25. The molecular formula is C19H19F2NO3. The number of amides is 1. The van der Waals surface area contributed by atoms with Crippen molar-refractivity contribution in [1.82, 2.24) is 0 Å². The predicted molar refractivity (Wildman–Crippen MR) is 89.8 cm³/mol. The van der Waals surface area contributed by atoms with Crippen LogP contribution in [0.25, 0.3) is 0 Å². The summed E-state index contributed by atoms with van der Waals surface area (Å²) >= 11 is 0. The maximum Gasteiger partial charge on any atom is 0.261 e. The van der Waals surface area contributed by atoms with Gasteiger partial charge >= 0.3 is 0 Å². The lowest BCUT2D eigenvalue weighted by atomic mass is 10.1. The van der Waals surface area contributed by atoms with Crippen LogP contribution in [0.15, 0.2) is 42.5 Å². The Kier molecular flexibility index (Phi) is 5.60. The molecule has 0 radical (unpaired) electrons. The Hall–Kier alpha value is -2.47. The summed E-state index contributed by atoms with van der Waals surface area (Å²) in [5, 5.41) is 2.51. The van der Waals surface area contributed by atoms with E-state index in [1.54, 1.807) is 24.3 Å². The highest BCUT2D eigenvalue weighted by Crippen LogP contribution is 2.26. The van der Waals surface area contributed by atoms with E-state index < -0.39 is 23.1 Å². The Morgan fingerprint density at radius 2 is 1.88 bits per heavy atom. The van der Waals surface area contributed by atoms with E-state index in [1.807, 2.05) is 0 Å². The molecule has 3 rings (SSSR count). The number of carbonyl (C=O) groups excluding carboxylic acids is 1. The van der Waals surface area contributed by atoms with Crippen molar-refractivity contribution in [2.24, 2.45) is 0 Å². The van der Waals surface area contributed by atoms with Gasteiger partial charge in [-0.15, -0.1) is 0 Å². The Labute approximate surface area is 144 Å². The molecule has 0 spiro atoms. The number of anilines is 1. The minimum Gasteiger partial charge on any atom is -0.489 e. The van der Waals surface area contributed by atoms with Gasteiger partial charge in [0.05, 0.1) is 11.8 Å². The van der Waals surface area contributed by atoms with Crippen molar-refractivity contribution in [3.63, 3.8) is 0 Å². The van der Waals surface area contributed by atoms with E-state index in [0.29, 0.717) is 18.0 Å². The molecule has 0 bridgehead atoms. The van der Waals surface area contributed by atoms with Crippen LogP contribution >= 0.6 is 0 Å². The fourth-order valence-corrected chi connectivity index (χ4v) is 2.72. The Morgan fingerprint density at radius 1 is 1.12 bits per heavy atom. The first-order valence-corrected chi connectivity index (χ1v) is 8.24. The van der Waals surface area contributed by atoms with Gasteiger partial charge in [0.25, 0.3) is 5.91 Å². The number of hydrogen-bond donors (Lipinski definition) is 1. The first kappa shape index (κ1) is 17.4. The molecule has 1 atom stereocenters. The number of ether oxygens (including phenoxy) is 2. The molecule has 1 heterocycles. The molecule has 1 aliphatic heterocycles. The molecule has 1 saturated heterocycles. The van der Waals surface area contributed by atoms with Gasteiger partial charge in [-0.05, 0) is 43.5 Å². The lowest BCUT2D eigenvalue weighted by Crippen LogP contribution is -2.26. The predicted octanol–water partition coefficient (Wildman–Crippen LogP) is 4.17. The van der Waals surface area contributed by atoms with Crippen LogP contribution in [0.3, 0.4) is 0 Å². The van der Waals surface area contributed by atoms with Crippen LogP contribution in [-0.2, 0) is 4.74 Å². The second-order valence-corrected chi connectivity index (χ2v) is 5.85. The second kappa shape index (κ2) is 8.07. The summed E-state index contributed by atoms with van der Waals surface area (Å²) in [6, 6.07) is 10.1. The molecule has 1 aliphatic rings. The average Bonchev–Trinajstić information content (AvgIpc) is 2.62. The summed E-state index contributed by atoms with van der Waals surface area (Å²) in [7, 11) is 0. The largest absolute Gasteiger partial charge is 0.489 e. The number of hydrogen-bond acceptors (Lipinski definition) is 3. The quantitative estimate of drug-likeness (QED) is 0.883. The fourth-order valence-electron chi connectivity index (χ4n) is 2.72. The van der Waals surface area contributed by atoms with E-state index in [4.69, 9.17) is 9.47 Å². The van der Waals surface area contributed by atoms with Crippen LogP contribution in [0.4, 0.5) is 14.5 Å². The minimum absolute atomic E-state index is 0.0153. The summed E-state index contributed by atoms with van der Waals surface area (Å²) < 4.78 is 38.8. The molecule has 0 aliphatic carbocycles. The van der Waals surface area contributed by atoms with Gasteiger partial charge in [0.2, 0.25) is 0 Å². The van der Waals surface area contributed by atoms with Gasteiger partial charge in [0.15, 0.2) is 0 Å². The van der Waals surface area contributed by atoms with Gasteiger partial charge in [-0.1, -0.05) is 18.2 Å². The highest BCUT2D eigenvalue weighted by Gasteiger charge is 2.19. The molecule has 0 aromatic heterocycles. The van der Waals surface area contributed by atoms with Crippen LogP contribution in [0.1, 0.15) is 29.6 Å². The van der Waals surface area contributed by atoms with Crippen molar-refractivity contribution < 1.29 is 23.0 Å². The maximum absolute atomic E-state index is 13.7. The third-order valence-electron chi connectivity index (χ3n) is 4.02. The maximum atomic E-state index is 13.7. The number of rotatable bonds is 5. The van der Waals surface area contributed by atoms with E-state index >= 15 is 0 Å². The smallest absolute Gasteiger partial charge is 0.261 e. The molecule has 0 saturated carbocycles. The first-order valence-electron chi connectivity index (χ1n) is 8.24. The van der Waals surface area contributed by atoms with Gasteiger partial charge in [-0.25, -0.2) is 8.78 Å². The number of halogens is 2. The highest BCUT2D eigenvalue weighted by atomic mass is 19.1. The number of carbonyl (C=O) groups is 1. The Bertz CT molecular complexity index is 725. The zero-order chi connectivity index (χ0) is 17.6. The van der Waals surface area contributed by atoms with E-state index in [-0.39, 0.29) is 6.10 Å². The van der Waals surface area contributed by atoms with Crippen molar-refractivity contribution in [2.75, 3.05) is 18.5 Å². The van der Waals surface area contributed by atoms with E-state index in [0.717, 1.165) is 38.0 Å². The van der Waals surface area contributed by atoms with Crippen molar-refractivity contribution >= 4 is 11.6 Å². The van der Waals surface area contributed by atoms with Gasteiger partial charge in [-0.3, -0.25) is 4.79 Å². The van der Waals surface area contributed by atoms with Crippen molar-refractivity contribution in [3.05, 3.63) is 59.7 Å². The van der Waals surface area contributed by atoms with Crippen molar-refractivity contribution in [2.45, 2.75) is 25.4 Å². The number of nitrogens with one attached hydrogen (secondary N) is 1. The topological polar surface area (TPSA) is 47.6 Å². The zero-order valence-corrected chi connectivity index (χ0v) is 13.6. The van der Waals surface area contributed by atoms with Crippen molar-refractivity contribution in [3.8, 4) is 5.75 Å². The molecular weight excluding hydrogens is 328 g/mol. The molecule has 4 nitrogen and oxygen atoms in total. The highest BCUT2D eigenvalue weighted by molar-refractivity contribution is 6.05. The van der Waals surface area contributed by atoms with Gasteiger partial charge in [0.1, 0.15) is 29.6 Å². The van der Waals surface area contributed by atoms with Crippen LogP contribution in [0, 0.1) is 11.6 Å². The average molecular weight is 347 g/mol. The van der Waals surface area contributed by atoms with E-state index in [2.05, 4.69) is 5.32 Å². The third kappa shape index (κ3) is 4.33. The molecule has 2 aromatic carbocycles. The minimum atomic E-state index is -0.911. The summed E-state index contributed by atoms with van der Waals surface area (Å²) in [6.45, 7) is 1.08.